The first-order chi connectivity index (χ1) is 8.17. The minimum absolute atomic E-state index is 0.187. The van der Waals surface area contributed by atoms with E-state index in [0.717, 1.165) is 22.3 Å². The molecular weight excluding hydrogens is 236 g/mol. The molecule has 1 aromatic rings. The highest BCUT2D eigenvalue weighted by Crippen LogP contribution is 2.19. The maximum absolute atomic E-state index is 11.2. The molecule has 5 heteroatoms. The number of thiocyanates is 1. The van der Waals surface area contributed by atoms with E-state index in [2.05, 4.69) is 10.1 Å². The number of carbonyl (C=O) groups is 1. The van der Waals surface area contributed by atoms with Gasteiger partial charge in [0.1, 0.15) is 5.40 Å². The van der Waals surface area contributed by atoms with E-state index in [4.69, 9.17) is 5.26 Å². The van der Waals surface area contributed by atoms with Gasteiger partial charge in [-0.05, 0) is 36.0 Å². The summed E-state index contributed by atoms with van der Waals surface area (Å²) in [4.78, 5) is 12.1. The Balaban J connectivity index is 2.47. The molecule has 0 bridgehead atoms. The predicted molar refractivity (Wildman–Crippen MR) is 67.6 cm³/mol. The van der Waals surface area contributed by atoms with Crippen LogP contribution in [0.25, 0.3) is 0 Å². The number of rotatable bonds is 5. The second-order valence-corrected chi connectivity index (χ2v) is 4.38. The first kappa shape index (κ1) is 13.4. The highest BCUT2D eigenvalue weighted by atomic mass is 32.2. The molecule has 17 heavy (non-hydrogen) atoms. The zero-order valence-corrected chi connectivity index (χ0v) is 10.6. The van der Waals surface area contributed by atoms with Crippen molar-refractivity contribution in [3.05, 3.63) is 24.3 Å². The molecule has 1 unspecified atom stereocenters. The Bertz CT molecular complexity index is 412. The number of benzene rings is 1. The summed E-state index contributed by atoms with van der Waals surface area (Å²) >= 11 is 1.12. The molecule has 0 amide bonds. The Kier molecular flexibility index (Phi) is 5.37. The van der Waals surface area contributed by atoms with Crippen molar-refractivity contribution in [2.75, 3.05) is 19.0 Å². The van der Waals surface area contributed by atoms with E-state index >= 15 is 0 Å². The third kappa shape index (κ3) is 4.37. The van der Waals surface area contributed by atoms with Crippen molar-refractivity contribution in [1.82, 2.24) is 0 Å². The van der Waals surface area contributed by atoms with Gasteiger partial charge in [-0.2, -0.15) is 5.26 Å². The lowest BCUT2D eigenvalue weighted by Gasteiger charge is -2.11. The van der Waals surface area contributed by atoms with Gasteiger partial charge < -0.3 is 10.1 Å². The smallest absolute Gasteiger partial charge is 0.310 e. The lowest BCUT2D eigenvalue weighted by molar-refractivity contribution is -0.144. The number of hydrogen-bond donors (Lipinski definition) is 1. The van der Waals surface area contributed by atoms with E-state index in [1.165, 1.54) is 7.11 Å². The van der Waals surface area contributed by atoms with Crippen LogP contribution in [0.3, 0.4) is 0 Å². The van der Waals surface area contributed by atoms with Crippen molar-refractivity contribution in [2.45, 2.75) is 11.8 Å². The molecule has 0 aromatic heterocycles. The molecule has 0 spiro atoms. The van der Waals surface area contributed by atoms with Crippen LogP contribution >= 0.6 is 11.8 Å². The fourth-order valence-corrected chi connectivity index (χ4v) is 1.63. The maximum Gasteiger partial charge on any atom is 0.310 e. The lowest BCUT2D eigenvalue weighted by atomic mass is 10.2. The number of anilines is 1. The second-order valence-electron chi connectivity index (χ2n) is 3.52. The van der Waals surface area contributed by atoms with Crippen molar-refractivity contribution in [3.63, 3.8) is 0 Å². The van der Waals surface area contributed by atoms with Gasteiger partial charge in [0, 0.05) is 17.1 Å². The number of esters is 1. The van der Waals surface area contributed by atoms with Crippen LogP contribution < -0.4 is 5.32 Å². The fraction of sp³-hybridized carbons (Fsp3) is 0.333. The molecule has 1 aromatic carbocycles. The van der Waals surface area contributed by atoms with E-state index in [9.17, 15) is 4.79 Å². The summed E-state index contributed by atoms with van der Waals surface area (Å²) < 4.78 is 4.63. The number of ether oxygens (including phenoxy) is 1. The van der Waals surface area contributed by atoms with Crippen molar-refractivity contribution in [2.24, 2.45) is 5.92 Å². The number of thioether (sulfide) groups is 1. The van der Waals surface area contributed by atoms with E-state index in [1.54, 1.807) is 6.92 Å². The summed E-state index contributed by atoms with van der Waals surface area (Å²) in [6.45, 7) is 2.33. The van der Waals surface area contributed by atoms with Crippen LogP contribution in [0.4, 0.5) is 5.69 Å². The molecule has 1 N–H and O–H groups in total. The standard InChI is InChI=1S/C12H14N2O2S/c1-9(12(15)16-2)7-14-10-3-5-11(6-4-10)17-8-13/h3-6,9,14H,7H2,1-2H3. The summed E-state index contributed by atoms with van der Waals surface area (Å²) in [6, 6.07) is 7.48. The summed E-state index contributed by atoms with van der Waals surface area (Å²) in [5.41, 5.74) is 0.919. The molecule has 0 saturated carbocycles. The molecule has 0 aliphatic carbocycles. The lowest BCUT2D eigenvalue weighted by Crippen LogP contribution is -2.21. The summed E-state index contributed by atoms with van der Waals surface area (Å²) in [6.07, 6.45) is 0. The number of nitrogens with one attached hydrogen (secondary N) is 1. The SMILES string of the molecule is COC(=O)C(C)CNc1ccc(SC#N)cc1. The van der Waals surface area contributed by atoms with Crippen LogP contribution in [0.15, 0.2) is 29.2 Å². The van der Waals surface area contributed by atoms with Gasteiger partial charge in [-0.1, -0.05) is 6.92 Å². The van der Waals surface area contributed by atoms with Crippen LogP contribution in [-0.4, -0.2) is 19.6 Å². The molecule has 1 atom stereocenters. The van der Waals surface area contributed by atoms with Crippen molar-refractivity contribution < 1.29 is 9.53 Å². The molecule has 0 heterocycles. The topological polar surface area (TPSA) is 62.1 Å². The average molecular weight is 250 g/mol. The molecular formula is C12H14N2O2S. The third-order valence-electron chi connectivity index (χ3n) is 2.23. The Labute approximate surface area is 105 Å². The van der Waals surface area contributed by atoms with Crippen molar-refractivity contribution in [1.29, 1.82) is 5.26 Å². The molecule has 0 saturated heterocycles. The van der Waals surface area contributed by atoms with Gasteiger partial charge >= 0.3 is 5.97 Å². The normalized spacial score (nSPS) is 11.4. The van der Waals surface area contributed by atoms with Gasteiger partial charge in [-0.15, -0.1) is 0 Å². The third-order valence-corrected chi connectivity index (χ3v) is 2.83. The van der Waals surface area contributed by atoms with Gasteiger partial charge in [0.15, 0.2) is 0 Å². The van der Waals surface area contributed by atoms with Crippen LogP contribution in [0.5, 0.6) is 0 Å². The van der Waals surface area contributed by atoms with Crippen LogP contribution in [0, 0.1) is 16.6 Å². The predicted octanol–water partition coefficient (Wildman–Crippen LogP) is 2.48. The minimum atomic E-state index is -0.228. The van der Waals surface area contributed by atoms with Gasteiger partial charge in [0.25, 0.3) is 0 Å². The van der Waals surface area contributed by atoms with Crippen molar-refractivity contribution >= 4 is 23.4 Å². The fourth-order valence-electron chi connectivity index (χ4n) is 1.25. The van der Waals surface area contributed by atoms with Gasteiger partial charge in [-0.25, -0.2) is 0 Å². The summed E-state index contributed by atoms with van der Waals surface area (Å²) in [5, 5.41) is 13.6. The van der Waals surface area contributed by atoms with E-state index in [-0.39, 0.29) is 11.9 Å². The molecule has 0 aliphatic heterocycles. The highest BCUT2D eigenvalue weighted by molar-refractivity contribution is 8.03. The monoisotopic (exact) mass is 250 g/mol. The quantitative estimate of drug-likeness (QED) is 0.494. The van der Waals surface area contributed by atoms with E-state index < -0.39 is 0 Å². The zero-order chi connectivity index (χ0) is 12.7. The Morgan fingerprint density at radius 2 is 2.18 bits per heavy atom. The Morgan fingerprint density at radius 3 is 2.71 bits per heavy atom. The van der Waals surface area contributed by atoms with Crippen LogP contribution in [0.2, 0.25) is 0 Å². The number of methoxy groups -OCH3 is 1. The molecule has 90 valence electrons. The van der Waals surface area contributed by atoms with E-state index in [1.807, 2.05) is 29.7 Å². The first-order valence-corrected chi connectivity index (χ1v) is 5.96. The minimum Gasteiger partial charge on any atom is -0.469 e. The molecule has 1 rings (SSSR count). The maximum atomic E-state index is 11.2. The van der Waals surface area contributed by atoms with E-state index in [0.29, 0.717) is 6.54 Å². The first-order valence-electron chi connectivity index (χ1n) is 5.15. The highest BCUT2D eigenvalue weighted by Gasteiger charge is 2.12. The second kappa shape index (κ2) is 6.81. The average Bonchev–Trinajstić information content (AvgIpc) is 2.37. The summed E-state index contributed by atoms with van der Waals surface area (Å²) in [5.74, 6) is -0.415. The number of carbonyl (C=O) groups excluding carboxylic acids is 1. The summed E-state index contributed by atoms with van der Waals surface area (Å²) in [7, 11) is 1.38. The molecule has 4 nitrogen and oxygen atoms in total. The Morgan fingerprint density at radius 1 is 1.53 bits per heavy atom. The van der Waals surface area contributed by atoms with Crippen LogP contribution in [-0.2, 0) is 9.53 Å². The van der Waals surface area contributed by atoms with Gasteiger partial charge in [0.2, 0.25) is 0 Å². The largest absolute Gasteiger partial charge is 0.469 e. The van der Waals surface area contributed by atoms with Crippen LogP contribution in [0.1, 0.15) is 6.92 Å². The van der Waals surface area contributed by atoms with Crippen molar-refractivity contribution in [3.8, 4) is 5.40 Å². The van der Waals surface area contributed by atoms with Gasteiger partial charge in [0.05, 0.1) is 13.0 Å². The number of nitriles is 1. The number of hydrogen-bond acceptors (Lipinski definition) is 5. The molecule has 0 fully saturated rings. The zero-order valence-electron chi connectivity index (χ0n) is 9.77. The molecule has 0 radical (unpaired) electrons. The number of nitrogens with zero attached hydrogens (tertiary/aromatic N) is 1. The Hall–Kier alpha value is -1.67. The molecule has 0 aliphatic rings. The van der Waals surface area contributed by atoms with Gasteiger partial charge in [-0.3, -0.25) is 4.79 Å².